The predicted molar refractivity (Wildman–Crippen MR) is 102 cm³/mol. The van der Waals surface area contributed by atoms with E-state index in [1.165, 1.54) is 21.3 Å². The molecule has 0 aliphatic heterocycles. The minimum absolute atomic E-state index is 0.307. The van der Waals surface area contributed by atoms with Crippen molar-refractivity contribution in [3.8, 4) is 5.75 Å². The Morgan fingerprint density at radius 3 is 2.39 bits per heavy atom. The molecule has 0 fully saturated rings. The highest BCUT2D eigenvalue weighted by Crippen LogP contribution is 2.20. The number of nitrogens with one attached hydrogen (secondary N) is 2. The molecule has 0 aliphatic carbocycles. The van der Waals surface area contributed by atoms with E-state index in [0.29, 0.717) is 17.9 Å². The zero-order valence-electron chi connectivity index (χ0n) is 16.0. The molecular weight excluding hydrogens is 362 g/mol. The van der Waals surface area contributed by atoms with Gasteiger partial charge < -0.3 is 20.1 Å². The molecule has 0 saturated heterocycles. The van der Waals surface area contributed by atoms with Gasteiger partial charge in [0.1, 0.15) is 17.9 Å². The first-order chi connectivity index (χ1) is 13.5. The number of ether oxygens (including phenoxy) is 2. The molecule has 0 heterocycles. The molecular formula is C20H24N3O5+. The van der Waals surface area contributed by atoms with Gasteiger partial charge in [-0.25, -0.2) is 9.59 Å². The maximum Gasteiger partial charge on any atom is 0.341 e. The fourth-order valence-electron chi connectivity index (χ4n) is 2.71. The summed E-state index contributed by atoms with van der Waals surface area (Å²) >= 11 is 0. The molecule has 28 heavy (non-hydrogen) atoms. The lowest BCUT2D eigenvalue weighted by molar-refractivity contribution is -0.698. The van der Waals surface area contributed by atoms with E-state index < -0.39 is 23.9 Å². The van der Waals surface area contributed by atoms with Crippen molar-refractivity contribution >= 4 is 17.9 Å². The van der Waals surface area contributed by atoms with Gasteiger partial charge in [-0.1, -0.05) is 30.3 Å². The molecule has 3 amide bonds. The minimum Gasteiger partial charge on any atom is -0.496 e. The number of imide groups is 1. The number of quaternary nitrogens is 1. The van der Waals surface area contributed by atoms with Crippen LogP contribution in [-0.2, 0) is 16.1 Å². The molecule has 0 aromatic heterocycles. The minimum atomic E-state index is -0.637. The van der Waals surface area contributed by atoms with Gasteiger partial charge in [0.15, 0.2) is 6.04 Å². The van der Waals surface area contributed by atoms with Crippen LogP contribution in [0.3, 0.4) is 0 Å². The monoisotopic (exact) mass is 386 g/mol. The van der Waals surface area contributed by atoms with Gasteiger partial charge in [0.05, 0.1) is 14.2 Å². The smallest absolute Gasteiger partial charge is 0.341 e. The summed E-state index contributed by atoms with van der Waals surface area (Å²) in [5.41, 5.74) is 1.86. The maximum atomic E-state index is 12.6. The Hall–Kier alpha value is -3.39. The summed E-state index contributed by atoms with van der Waals surface area (Å²) in [6, 6.07) is 13.1. The summed E-state index contributed by atoms with van der Waals surface area (Å²) in [4.78, 5) is 36.0. The van der Waals surface area contributed by atoms with Crippen molar-refractivity contribution in [2.24, 2.45) is 0 Å². The van der Waals surface area contributed by atoms with Gasteiger partial charge in [0.2, 0.25) is 0 Å². The third-order valence-corrected chi connectivity index (χ3v) is 4.16. The highest BCUT2D eigenvalue weighted by atomic mass is 16.5. The second-order valence-corrected chi connectivity index (χ2v) is 5.92. The highest BCUT2D eigenvalue weighted by molar-refractivity contribution is 5.96. The molecule has 2 aromatic rings. The largest absolute Gasteiger partial charge is 0.496 e. The van der Waals surface area contributed by atoms with E-state index in [1.807, 2.05) is 30.3 Å². The topological polar surface area (TPSA) is 110 Å². The van der Waals surface area contributed by atoms with Gasteiger partial charge in [-0.2, -0.15) is 0 Å². The number of carbonyl (C=O) groups is 3. The van der Waals surface area contributed by atoms with Gasteiger partial charge in [0, 0.05) is 18.2 Å². The summed E-state index contributed by atoms with van der Waals surface area (Å²) < 4.78 is 9.98. The van der Waals surface area contributed by atoms with Crippen molar-refractivity contribution in [3.63, 3.8) is 0 Å². The second-order valence-electron chi connectivity index (χ2n) is 5.92. The molecule has 8 heteroatoms. The normalized spacial score (nSPS) is 11.2. The third-order valence-electron chi connectivity index (χ3n) is 4.16. The molecule has 2 aromatic carbocycles. The van der Waals surface area contributed by atoms with Crippen LogP contribution in [0.4, 0.5) is 4.79 Å². The Kier molecular flexibility index (Phi) is 7.53. The van der Waals surface area contributed by atoms with Crippen molar-refractivity contribution in [1.29, 1.82) is 0 Å². The standard InChI is InChI=1S/C20H23N3O5/c1-21-20(26)23-18(24)17(14-7-5-4-6-8-14)22-12-13-9-10-16(27-2)15(11-13)19(25)28-3/h4-11,17,22H,12H2,1-3H3,(H2,21,23,24,26)/p+1/t17-/m1/s1. The first-order valence-corrected chi connectivity index (χ1v) is 8.66. The van der Waals surface area contributed by atoms with E-state index in [2.05, 4.69) is 10.6 Å². The number of nitrogens with two attached hydrogens (primary N) is 1. The number of rotatable bonds is 7. The fourth-order valence-corrected chi connectivity index (χ4v) is 2.71. The summed E-state index contributed by atoms with van der Waals surface area (Å²) in [5.74, 6) is -0.532. The van der Waals surface area contributed by atoms with Crippen molar-refractivity contribution in [2.45, 2.75) is 12.6 Å². The van der Waals surface area contributed by atoms with Crippen molar-refractivity contribution < 1.29 is 29.2 Å². The average molecular weight is 386 g/mol. The average Bonchev–Trinajstić information content (AvgIpc) is 2.73. The Morgan fingerprint density at radius 1 is 1.07 bits per heavy atom. The SMILES string of the molecule is CNC(=O)NC(=O)[C@H]([NH2+]Cc1ccc(OC)c(C(=O)OC)c1)c1ccccc1. The van der Waals surface area contributed by atoms with Gasteiger partial charge in [-0.15, -0.1) is 0 Å². The Morgan fingerprint density at radius 2 is 1.79 bits per heavy atom. The van der Waals surface area contributed by atoms with Gasteiger partial charge in [-0.3, -0.25) is 10.1 Å². The zero-order chi connectivity index (χ0) is 20.5. The quantitative estimate of drug-likeness (QED) is 0.608. The van der Waals surface area contributed by atoms with E-state index >= 15 is 0 Å². The van der Waals surface area contributed by atoms with Crippen LogP contribution >= 0.6 is 0 Å². The van der Waals surface area contributed by atoms with Crippen LogP contribution in [0.25, 0.3) is 0 Å². The van der Waals surface area contributed by atoms with Crippen LogP contribution < -0.4 is 20.7 Å². The molecule has 0 saturated carbocycles. The number of carbonyl (C=O) groups excluding carboxylic acids is 3. The molecule has 8 nitrogen and oxygen atoms in total. The van der Waals surface area contributed by atoms with E-state index in [-0.39, 0.29) is 0 Å². The van der Waals surface area contributed by atoms with Crippen LogP contribution in [0.1, 0.15) is 27.5 Å². The molecule has 148 valence electrons. The van der Waals surface area contributed by atoms with Gasteiger partial charge >= 0.3 is 12.0 Å². The molecule has 2 rings (SSSR count). The third kappa shape index (κ3) is 5.31. The molecule has 0 aliphatic rings. The molecule has 0 radical (unpaired) electrons. The number of methoxy groups -OCH3 is 2. The molecule has 1 atom stereocenters. The first-order valence-electron chi connectivity index (χ1n) is 8.66. The number of hydrogen-bond donors (Lipinski definition) is 3. The molecule has 0 unspecified atom stereocenters. The molecule has 0 spiro atoms. The lowest BCUT2D eigenvalue weighted by Gasteiger charge is -2.16. The van der Waals surface area contributed by atoms with E-state index in [0.717, 1.165) is 11.1 Å². The maximum absolute atomic E-state index is 12.6. The molecule has 0 bridgehead atoms. The van der Waals surface area contributed by atoms with Crippen LogP contribution in [0.15, 0.2) is 48.5 Å². The summed E-state index contributed by atoms with van der Waals surface area (Å²) in [6.45, 7) is 0.398. The van der Waals surface area contributed by atoms with Crippen LogP contribution in [-0.4, -0.2) is 39.2 Å². The number of hydrogen-bond acceptors (Lipinski definition) is 5. The number of esters is 1. The predicted octanol–water partition coefficient (Wildman–Crippen LogP) is 0.742. The number of benzene rings is 2. The lowest BCUT2D eigenvalue weighted by atomic mass is 10.0. The molecule has 4 N–H and O–H groups in total. The number of amides is 3. The second kappa shape index (κ2) is 10.1. The Bertz CT molecular complexity index is 839. The Balaban J connectivity index is 2.22. The first kappa shape index (κ1) is 20.9. The van der Waals surface area contributed by atoms with E-state index in [9.17, 15) is 14.4 Å². The Labute approximate surface area is 163 Å². The summed E-state index contributed by atoms with van der Waals surface area (Å²) in [5, 5.41) is 6.46. The van der Waals surface area contributed by atoms with Crippen molar-refractivity contribution in [3.05, 3.63) is 65.2 Å². The van der Waals surface area contributed by atoms with Gasteiger partial charge in [-0.05, 0) is 18.2 Å². The van der Waals surface area contributed by atoms with E-state index in [4.69, 9.17) is 9.47 Å². The zero-order valence-corrected chi connectivity index (χ0v) is 16.0. The highest BCUT2D eigenvalue weighted by Gasteiger charge is 2.25. The number of urea groups is 1. The van der Waals surface area contributed by atoms with Crippen molar-refractivity contribution in [2.75, 3.05) is 21.3 Å². The van der Waals surface area contributed by atoms with Crippen molar-refractivity contribution in [1.82, 2.24) is 10.6 Å². The van der Waals surface area contributed by atoms with Crippen LogP contribution in [0.2, 0.25) is 0 Å². The summed E-state index contributed by atoms with van der Waals surface area (Å²) in [6.07, 6.45) is 0. The van der Waals surface area contributed by atoms with Gasteiger partial charge in [0.25, 0.3) is 5.91 Å². The lowest BCUT2D eigenvalue weighted by Crippen LogP contribution is -2.86. The summed E-state index contributed by atoms with van der Waals surface area (Å²) in [7, 11) is 4.22. The van der Waals surface area contributed by atoms with Crippen LogP contribution in [0, 0.1) is 0 Å². The fraction of sp³-hybridized carbons (Fsp3) is 0.250. The van der Waals surface area contributed by atoms with Crippen LogP contribution in [0.5, 0.6) is 5.75 Å². The van der Waals surface area contributed by atoms with E-state index in [1.54, 1.807) is 23.5 Å².